The van der Waals surface area contributed by atoms with E-state index in [4.69, 9.17) is 4.52 Å². The molecular formula is C17H20N2O2S. The van der Waals surface area contributed by atoms with Crippen LogP contribution >= 0.6 is 11.3 Å². The fourth-order valence-corrected chi connectivity index (χ4v) is 4.33. The fraction of sp³-hybridized carbons (Fsp3) is 0.529. The molecule has 1 amide bonds. The highest BCUT2D eigenvalue weighted by Gasteiger charge is 2.30. The number of piperidine rings is 1. The lowest BCUT2D eigenvalue weighted by atomic mass is 9.87. The van der Waals surface area contributed by atoms with E-state index in [1.807, 2.05) is 22.4 Å². The molecule has 0 aromatic carbocycles. The third-order valence-corrected chi connectivity index (χ3v) is 5.73. The van der Waals surface area contributed by atoms with Gasteiger partial charge in [0.15, 0.2) is 0 Å². The van der Waals surface area contributed by atoms with Gasteiger partial charge in [0, 0.05) is 24.6 Å². The lowest BCUT2D eigenvalue weighted by Gasteiger charge is -2.31. The van der Waals surface area contributed by atoms with E-state index in [2.05, 4.69) is 5.16 Å². The van der Waals surface area contributed by atoms with Crippen molar-refractivity contribution in [2.75, 3.05) is 13.1 Å². The van der Waals surface area contributed by atoms with Gasteiger partial charge in [0.25, 0.3) is 5.91 Å². The predicted molar refractivity (Wildman–Crippen MR) is 85.3 cm³/mol. The fourth-order valence-electron chi connectivity index (χ4n) is 3.64. The molecule has 0 atom stereocenters. The molecule has 1 saturated heterocycles. The number of aryl methyl sites for hydroxylation is 1. The monoisotopic (exact) mass is 316 g/mol. The van der Waals surface area contributed by atoms with Crippen molar-refractivity contribution >= 4 is 17.2 Å². The van der Waals surface area contributed by atoms with Gasteiger partial charge in [0.2, 0.25) is 0 Å². The number of nitrogens with zero attached hydrogens (tertiary/aromatic N) is 2. The van der Waals surface area contributed by atoms with E-state index in [1.54, 1.807) is 0 Å². The lowest BCUT2D eigenvalue weighted by molar-refractivity contribution is 0.0710. The molecule has 3 heterocycles. The second kappa shape index (κ2) is 5.88. The van der Waals surface area contributed by atoms with Crippen molar-refractivity contribution in [2.45, 2.75) is 44.4 Å². The smallest absolute Gasteiger partial charge is 0.263 e. The number of fused-ring (bicyclic) bond motifs is 1. The average molecular weight is 316 g/mol. The van der Waals surface area contributed by atoms with Crippen molar-refractivity contribution in [1.29, 1.82) is 0 Å². The minimum absolute atomic E-state index is 0.174. The highest BCUT2D eigenvalue weighted by Crippen LogP contribution is 2.35. The number of aromatic nitrogens is 1. The van der Waals surface area contributed by atoms with Gasteiger partial charge in [0.05, 0.1) is 10.6 Å². The van der Waals surface area contributed by atoms with Crippen molar-refractivity contribution in [2.24, 2.45) is 0 Å². The Kier molecular flexibility index (Phi) is 3.74. The minimum atomic E-state index is 0.174. The largest absolute Gasteiger partial charge is 0.361 e. The molecule has 5 heteroatoms. The van der Waals surface area contributed by atoms with E-state index in [0.717, 1.165) is 49.4 Å². The molecule has 0 bridgehead atoms. The third kappa shape index (κ3) is 2.47. The number of thiophene rings is 1. The SMILES string of the molecule is O=C(c1cccs1)N1CCC(c2onc3c2CCCC3)CC1. The van der Waals surface area contributed by atoms with Gasteiger partial charge >= 0.3 is 0 Å². The molecule has 0 N–H and O–H groups in total. The lowest BCUT2D eigenvalue weighted by Crippen LogP contribution is -2.37. The van der Waals surface area contributed by atoms with Crippen LogP contribution in [0.15, 0.2) is 22.0 Å². The third-order valence-electron chi connectivity index (χ3n) is 4.88. The van der Waals surface area contributed by atoms with Crippen LogP contribution in [0.4, 0.5) is 0 Å². The molecule has 2 aromatic rings. The van der Waals surface area contributed by atoms with Crippen LogP contribution in [0, 0.1) is 0 Å². The topological polar surface area (TPSA) is 46.3 Å². The summed E-state index contributed by atoms with van der Waals surface area (Å²) in [7, 11) is 0. The molecule has 1 aliphatic carbocycles. The zero-order chi connectivity index (χ0) is 14.9. The van der Waals surface area contributed by atoms with Crippen LogP contribution in [0.3, 0.4) is 0 Å². The van der Waals surface area contributed by atoms with Crippen LogP contribution in [0.2, 0.25) is 0 Å². The molecule has 0 radical (unpaired) electrons. The maximum Gasteiger partial charge on any atom is 0.263 e. The van der Waals surface area contributed by atoms with Crippen molar-refractivity contribution in [3.63, 3.8) is 0 Å². The normalized spacial score (nSPS) is 19.2. The summed E-state index contributed by atoms with van der Waals surface area (Å²) in [6.07, 6.45) is 6.62. The number of likely N-dealkylation sites (tertiary alicyclic amines) is 1. The van der Waals surface area contributed by atoms with Crippen molar-refractivity contribution in [3.8, 4) is 0 Å². The molecule has 116 valence electrons. The second-order valence-electron chi connectivity index (χ2n) is 6.22. The first-order valence-electron chi connectivity index (χ1n) is 8.13. The van der Waals surface area contributed by atoms with Gasteiger partial charge in [-0.15, -0.1) is 11.3 Å². The summed E-state index contributed by atoms with van der Waals surface area (Å²) in [6.45, 7) is 1.63. The summed E-state index contributed by atoms with van der Waals surface area (Å²) < 4.78 is 5.67. The maximum absolute atomic E-state index is 12.4. The number of hydrogen-bond donors (Lipinski definition) is 0. The Labute approximate surface area is 134 Å². The van der Waals surface area contributed by atoms with Gasteiger partial charge in [-0.05, 0) is 50.0 Å². The maximum atomic E-state index is 12.4. The molecule has 4 nitrogen and oxygen atoms in total. The van der Waals surface area contributed by atoms with Gasteiger partial charge in [-0.2, -0.15) is 0 Å². The molecule has 1 aliphatic heterocycles. The molecule has 22 heavy (non-hydrogen) atoms. The van der Waals surface area contributed by atoms with Crippen LogP contribution in [-0.2, 0) is 12.8 Å². The number of carbonyl (C=O) groups excluding carboxylic acids is 1. The zero-order valence-electron chi connectivity index (χ0n) is 12.6. The van der Waals surface area contributed by atoms with Crippen LogP contribution < -0.4 is 0 Å². The zero-order valence-corrected chi connectivity index (χ0v) is 13.4. The molecule has 1 fully saturated rings. The Hall–Kier alpha value is -1.62. The van der Waals surface area contributed by atoms with Crippen LogP contribution in [0.25, 0.3) is 0 Å². The summed E-state index contributed by atoms with van der Waals surface area (Å²) in [5, 5.41) is 6.23. The highest BCUT2D eigenvalue weighted by atomic mass is 32.1. The Balaban J connectivity index is 1.44. The van der Waals surface area contributed by atoms with E-state index in [1.165, 1.54) is 35.4 Å². The second-order valence-corrected chi connectivity index (χ2v) is 7.17. The minimum Gasteiger partial charge on any atom is -0.361 e. The van der Waals surface area contributed by atoms with Gasteiger partial charge < -0.3 is 9.42 Å². The molecule has 0 unspecified atom stereocenters. The van der Waals surface area contributed by atoms with Crippen molar-refractivity contribution < 1.29 is 9.32 Å². The number of hydrogen-bond acceptors (Lipinski definition) is 4. The Bertz CT molecular complexity index is 654. The molecule has 2 aliphatic rings. The summed E-state index contributed by atoms with van der Waals surface area (Å²) in [6, 6.07) is 3.84. The van der Waals surface area contributed by atoms with Gasteiger partial charge in [-0.1, -0.05) is 11.2 Å². The van der Waals surface area contributed by atoms with Gasteiger partial charge in [0.1, 0.15) is 5.76 Å². The predicted octanol–water partition coefficient (Wildman–Crippen LogP) is 3.63. The Morgan fingerprint density at radius 2 is 2.09 bits per heavy atom. The first kappa shape index (κ1) is 14.0. The van der Waals surface area contributed by atoms with E-state index < -0.39 is 0 Å². The van der Waals surface area contributed by atoms with Crippen LogP contribution in [-0.4, -0.2) is 29.1 Å². The quantitative estimate of drug-likeness (QED) is 0.850. The summed E-state index contributed by atoms with van der Waals surface area (Å²) in [4.78, 5) is 15.2. The number of amides is 1. The number of carbonyl (C=O) groups is 1. The molecule has 2 aromatic heterocycles. The van der Waals surface area contributed by atoms with E-state index >= 15 is 0 Å². The summed E-state index contributed by atoms with van der Waals surface area (Å²) in [5.41, 5.74) is 2.55. The van der Waals surface area contributed by atoms with E-state index in [0.29, 0.717) is 5.92 Å². The summed E-state index contributed by atoms with van der Waals surface area (Å²) in [5.74, 6) is 1.72. The van der Waals surface area contributed by atoms with Gasteiger partial charge in [-0.25, -0.2) is 0 Å². The van der Waals surface area contributed by atoms with E-state index in [9.17, 15) is 4.79 Å². The Morgan fingerprint density at radius 1 is 1.27 bits per heavy atom. The molecule has 0 saturated carbocycles. The molecular weight excluding hydrogens is 296 g/mol. The molecule has 0 spiro atoms. The highest BCUT2D eigenvalue weighted by molar-refractivity contribution is 7.12. The van der Waals surface area contributed by atoms with Crippen molar-refractivity contribution in [3.05, 3.63) is 39.4 Å². The van der Waals surface area contributed by atoms with Crippen molar-refractivity contribution in [1.82, 2.24) is 10.1 Å². The standard InChI is InChI=1S/C17H20N2O2S/c20-17(15-6-3-11-22-15)19-9-7-12(8-10-19)16-13-4-1-2-5-14(13)18-21-16/h3,6,11-12H,1-2,4-5,7-10H2. The van der Waals surface area contributed by atoms with Gasteiger partial charge in [-0.3, -0.25) is 4.79 Å². The number of rotatable bonds is 2. The van der Waals surface area contributed by atoms with E-state index in [-0.39, 0.29) is 5.91 Å². The Morgan fingerprint density at radius 3 is 2.86 bits per heavy atom. The molecule has 4 rings (SSSR count). The first-order valence-corrected chi connectivity index (χ1v) is 9.01. The van der Waals surface area contributed by atoms with Crippen LogP contribution in [0.1, 0.15) is 58.3 Å². The summed E-state index contributed by atoms with van der Waals surface area (Å²) >= 11 is 1.52. The average Bonchev–Trinajstić information content (AvgIpc) is 3.24. The first-order chi connectivity index (χ1) is 10.8. The van der Waals surface area contributed by atoms with Crippen LogP contribution in [0.5, 0.6) is 0 Å².